The van der Waals surface area contributed by atoms with Crippen LogP contribution >= 0.6 is 0 Å². The Morgan fingerprint density at radius 2 is 1.86 bits per heavy atom. The van der Waals surface area contributed by atoms with Crippen molar-refractivity contribution >= 4 is 16.9 Å². The van der Waals surface area contributed by atoms with Crippen LogP contribution in [-0.4, -0.2) is 17.6 Å². The first kappa shape index (κ1) is 13.8. The molecule has 0 aliphatic heterocycles. The Kier molecular flexibility index (Phi) is 3.36. The molecule has 22 heavy (non-hydrogen) atoms. The maximum atomic E-state index is 14.2. The molecule has 0 bridgehead atoms. The number of para-hydroxylation sites is 2. The number of aromatic nitrogens is 1. The van der Waals surface area contributed by atoms with Gasteiger partial charge in [0.2, 0.25) is 0 Å². The molecule has 3 aromatic rings. The molecule has 0 N–H and O–H groups in total. The first-order chi connectivity index (χ1) is 10.7. The molecule has 1 aromatic heterocycles. The minimum Gasteiger partial charge on any atom is -0.464 e. The van der Waals surface area contributed by atoms with Crippen molar-refractivity contribution in [3.05, 3.63) is 65.6 Å². The molecule has 0 aliphatic carbocycles. The quantitative estimate of drug-likeness (QED) is 0.680. The first-order valence-corrected chi connectivity index (χ1v) is 6.55. The van der Waals surface area contributed by atoms with Crippen LogP contribution in [0.3, 0.4) is 0 Å². The molecule has 108 valence electrons. The number of benzene rings is 2. The molecule has 0 amide bonds. The van der Waals surface area contributed by atoms with Crippen LogP contribution in [0.15, 0.2) is 48.5 Å². The minimum absolute atomic E-state index is 0.0244. The Morgan fingerprint density at radius 1 is 1.18 bits per heavy atom. The van der Waals surface area contributed by atoms with E-state index in [9.17, 15) is 14.4 Å². The second-order valence-corrected chi connectivity index (χ2v) is 4.63. The van der Waals surface area contributed by atoms with Gasteiger partial charge in [-0.25, -0.2) is 9.18 Å². The third-order valence-corrected chi connectivity index (χ3v) is 3.46. The average molecular weight is 294 g/mol. The van der Waals surface area contributed by atoms with Gasteiger partial charge in [0, 0.05) is 5.39 Å². The van der Waals surface area contributed by atoms with Crippen LogP contribution in [0.5, 0.6) is 0 Å². The summed E-state index contributed by atoms with van der Waals surface area (Å²) in [5, 5.41) is 10.0. The summed E-state index contributed by atoms with van der Waals surface area (Å²) < 4.78 is 20.4. The van der Waals surface area contributed by atoms with Gasteiger partial charge in [0.1, 0.15) is 11.9 Å². The second kappa shape index (κ2) is 5.34. The molecule has 0 atom stereocenters. The van der Waals surface area contributed by atoms with Crippen molar-refractivity contribution in [3.63, 3.8) is 0 Å². The Hall–Kier alpha value is -3.13. The van der Waals surface area contributed by atoms with Crippen molar-refractivity contribution < 1.29 is 13.9 Å². The minimum atomic E-state index is -0.684. The van der Waals surface area contributed by atoms with E-state index in [0.29, 0.717) is 10.9 Å². The Labute approximate surface area is 126 Å². The number of carbonyl (C=O) groups is 1. The van der Waals surface area contributed by atoms with Gasteiger partial charge in [0.25, 0.3) is 0 Å². The summed E-state index contributed by atoms with van der Waals surface area (Å²) in [6, 6.07) is 15.1. The van der Waals surface area contributed by atoms with Crippen molar-refractivity contribution in [2.75, 3.05) is 7.11 Å². The van der Waals surface area contributed by atoms with E-state index in [4.69, 9.17) is 4.74 Å². The lowest BCUT2D eigenvalue weighted by Gasteiger charge is -2.10. The summed E-state index contributed by atoms with van der Waals surface area (Å²) in [6.45, 7) is 0. The maximum absolute atomic E-state index is 14.2. The number of ether oxygens (including phenoxy) is 1. The van der Waals surface area contributed by atoms with E-state index < -0.39 is 11.8 Å². The predicted octanol–water partition coefficient (Wildman–Crippen LogP) is 3.43. The van der Waals surface area contributed by atoms with Crippen molar-refractivity contribution in [2.24, 2.45) is 0 Å². The highest BCUT2D eigenvalue weighted by Crippen LogP contribution is 2.30. The molecule has 1 heterocycles. The average Bonchev–Trinajstić information content (AvgIpc) is 2.89. The van der Waals surface area contributed by atoms with Gasteiger partial charge in [0.05, 0.1) is 23.9 Å². The van der Waals surface area contributed by atoms with Crippen LogP contribution in [0, 0.1) is 17.1 Å². The number of rotatable bonds is 2. The van der Waals surface area contributed by atoms with E-state index in [1.807, 2.05) is 6.07 Å². The molecule has 0 radical (unpaired) electrons. The third kappa shape index (κ3) is 1.93. The van der Waals surface area contributed by atoms with E-state index in [1.54, 1.807) is 42.5 Å². The van der Waals surface area contributed by atoms with Crippen LogP contribution in [0.25, 0.3) is 16.6 Å². The number of esters is 1. The molecular weight excluding hydrogens is 283 g/mol. The van der Waals surface area contributed by atoms with Crippen LogP contribution in [-0.2, 0) is 4.74 Å². The number of fused-ring (bicyclic) bond motifs is 1. The van der Waals surface area contributed by atoms with Crippen molar-refractivity contribution in [3.8, 4) is 11.8 Å². The summed E-state index contributed by atoms with van der Waals surface area (Å²) in [7, 11) is 1.23. The third-order valence-electron chi connectivity index (χ3n) is 3.46. The summed E-state index contributed by atoms with van der Waals surface area (Å²) in [4.78, 5) is 12.2. The maximum Gasteiger partial charge on any atom is 0.356 e. The molecule has 0 aliphatic rings. The van der Waals surface area contributed by atoms with Crippen LogP contribution in [0.2, 0.25) is 0 Å². The summed E-state index contributed by atoms with van der Waals surface area (Å²) in [6.07, 6.45) is 0. The van der Waals surface area contributed by atoms with Gasteiger partial charge >= 0.3 is 5.97 Å². The summed E-state index contributed by atoms with van der Waals surface area (Å²) in [5.41, 5.74) is 0.965. The highest BCUT2D eigenvalue weighted by Gasteiger charge is 2.25. The zero-order valence-corrected chi connectivity index (χ0v) is 11.7. The fourth-order valence-corrected chi connectivity index (χ4v) is 2.53. The number of methoxy groups -OCH3 is 1. The second-order valence-electron chi connectivity index (χ2n) is 4.63. The van der Waals surface area contributed by atoms with Crippen molar-refractivity contribution in [1.82, 2.24) is 4.57 Å². The van der Waals surface area contributed by atoms with E-state index in [2.05, 4.69) is 0 Å². The van der Waals surface area contributed by atoms with Gasteiger partial charge < -0.3 is 4.74 Å². The van der Waals surface area contributed by atoms with Gasteiger partial charge in [-0.3, -0.25) is 4.57 Å². The zero-order chi connectivity index (χ0) is 15.7. The first-order valence-electron chi connectivity index (χ1n) is 6.55. The lowest BCUT2D eigenvalue weighted by Crippen LogP contribution is -2.11. The lowest BCUT2D eigenvalue weighted by molar-refractivity contribution is 0.0591. The number of nitrogens with zero attached hydrogens (tertiary/aromatic N) is 2. The summed E-state index contributed by atoms with van der Waals surface area (Å²) >= 11 is 0. The number of hydrogen-bond acceptors (Lipinski definition) is 3. The number of nitriles is 1. The van der Waals surface area contributed by atoms with Gasteiger partial charge in [-0.15, -0.1) is 0 Å². The van der Waals surface area contributed by atoms with Crippen molar-refractivity contribution in [2.45, 2.75) is 0 Å². The number of carbonyl (C=O) groups excluding carboxylic acids is 1. The van der Waals surface area contributed by atoms with Gasteiger partial charge in [-0.05, 0) is 18.2 Å². The molecule has 0 unspecified atom stereocenters. The largest absolute Gasteiger partial charge is 0.464 e. The molecule has 3 rings (SSSR count). The summed E-state index contributed by atoms with van der Waals surface area (Å²) in [5.74, 6) is -1.17. The smallest absolute Gasteiger partial charge is 0.356 e. The normalized spacial score (nSPS) is 10.4. The van der Waals surface area contributed by atoms with Crippen LogP contribution in [0.1, 0.15) is 16.1 Å². The van der Waals surface area contributed by atoms with E-state index in [1.165, 1.54) is 17.7 Å². The number of halogens is 1. The molecule has 2 aromatic carbocycles. The molecular formula is C17H11FN2O2. The standard InChI is InChI=1S/C17H11FN2O2/c1-22-17(21)16-12(10-19)11-6-2-4-8-14(11)20(16)15-9-5-3-7-13(15)18/h2-9H,1H3. The fraction of sp³-hybridized carbons (Fsp3) is 0.0588. The van der Waals surface area contributed by atoms with Gasteiger partial charge in [-0.2, -0.15) is 5.26 Å². The Morgan fingerprint density at radius 3 is 2.55 bits per heavy atom. The Bertz CT molecular complexity index is 922. The van der Waals surface area contributed by atoms with E-state index in [0.717, 1.165) is 0 Å². The van der Waals surface area contributed by atoms with Crippen LogP contribution < -0.4 is 0 Å². The monoisotopic (exact) mass is 294 g/mol. The van der Waals surface area contributed by atoms with Crippen LogP contribution in [0.4, 0.5) is 4.39 Å². The molecule has 0 spiro atoms. The predicted molar refractivity (Wildman–Crippen MR) is 79.3 cm³/mol. The van der Waals surface area contributed by atoms with Crippen molar-refractivity contribution in [1.29, 1.82) is 5.26 Å². The number of hydrogen-bond donors (Lipinski definition) is 0. The molecule has 4 nitrogen and oxygen atoms in total. The molecule has 0 fully saturated rings. The molecule has 0 saturated carbocycles. The Balaban J connectivity index is 2.50. The van der Waals surface area contributed by atoms with E-state index in [-0.39, 0.29) is 16.9 Å². The zero-order valence-electron chi connectivity index (χ0n) is 11.7. The van der Waals surface area contributed by atoms with Gasteiger partial charge in [0.15, 0.2) is 5.69 Å². The van der Waals surface area contributed by atoms with Gasteiger partial charge in [-0.1, -0.05) is 30.3 Å². The molecule has 5 heteroatoms. The molecule has 0 saturated heterocycles. The fourth-order valence-electron chi connectivity index (χ4n) is 2.53. The van der Waals surface area contributed by atoms with E-state index >= 15 is 0 Å². The topological polar surface area (TPSA) is 55.0 Å². The highest BCUT2D eigenvalue weighted by molar-refractivity contribution is 6.02. The highest BCUT2D eigenvalue weighted by atomic mass is 19.1. The SMILES string of the molecule is COC(=O)c1c(C#N)c2ccccc2n1-c1ccccc1F. The lowest BCUT2D eigenvalue weighted by atomic mass is 10.1.